The van der Waals surface area contributed by atoms with Gasteiger partial charge in [0.05, 0.1) is 5.56 Å². The Morgan fingerprint density at radius 1 is 1.37 bits per heavy atom. The van der Waals surface area contributed by atoms with E-state index < -0.39 is 5.82 Å². The van der Waals surface area contributed by atoms with Gasteiger partial charge in [-0.2, -0.15) is 0 Å². The highest BCUT2D eigenvalue weighted by Crippen LogP contribution is 2.22. The van der Waals surface area contributed by atoms with Crippen LogP contribution < -0.4 is 0 Å². The number of carbonyl (C=O) groups excluding carboxylic acids is 2. The minimum Gasteiger partial charge on any atom is -0.339 e. The van der Waals surface area contributed by atoms with E-state index in [1.807, 2.05) is 0 Å². The SMILES string of the molecule is CN(C(=O)c1ccc(Cl)cc1F)C1CCC(=O)CC1. The van der Waals surface area contributed by atoms with E-state index in [1.54, 1.807) is 7.05 Å². The molecule has 1 aromatic carbocycles. The van der Waals surface area contributed by atoms with Crippen LogP contribution in [0.5, 0.6) is 0 Å². The van der Waals surface area contributed by atoms with E-state index in [0.717, 1.165) is 6.07 Å². The van der Waals surface area contributed by atoms with Crippen molar-refractivity contribution in [3.05, 3.63) is 34.6 Å². The van der Waals surface area contributed by atoms with Gasteiger partial charge in [0.25, 0.3) is 5.91 Å². The largest absolute Gasteiger partial charge is 0.339 e. The molecule has 0 radical (unpaired) electrons. The molecule has 102 valence electrons. The predicted octanol–water partition coefficient (Wildman–Crippen LogP) is 3.06. The van der Waals surface area contributed by atoms with Crippen molar-refractivity contribution in [1.29, 1.82) is 0 Å². The lowest BCUT2D eigenvalue weighted by atomic mass is 9.93. The second-order valence-corrected chi connectivity index (χ2v) is 5.25. The number of hydrogen-bond donors (Lipinski definition) is 0. The first-order valence-corrected chi connectivity index (χ1v) is 6.60. The summed E-state index contributed by atoms with van der Waals surface area (Å²) in [5, 5.41) is 0.264. The molecule has 1 aliphatic carbocycles. The van der Waals surface area contributed by atoms with Crippen LogP contribution in [0.15, 0.2) is 18.2 Å². The second-order valence-electron chi connectivity index (χ2n) is 4.81. The smallest absolute Gasteiger partial charge is 0.256 e. The predicted molar refractivity (Wildman–Crippen MR) is 70.8 cm³/mol. The van der Waals surface area contributed by atoms with E-state index in [0.29, 0.717) is 25.7 Å². The number of amides is 1. The lowest BCUT2D eigenvalue weighted by Gasteiger charge is -2.30. The fourth-order valence-electron chi connectivity index (χ4n) is 2.33. The number of benzene rings is 1. The third kappa shape index (κ3) is 3.13. The number of halogens is 2. The summed E-state index contributed by atoms with van der Waals surface area (Å²) >= 11 is 5.66. The molecule has 0 heterocycles. The van der Waals surface area contributed by atoms with Crippen LogP contribution in [0, 0.1) is 5.82 Å². The molecule has 0 N–H and O–H groups in total. The van der Waals surface area contributed by atoms with E-state index in [9.17, 15) is 14.0 Å². The van der Waals surface area contributed by atoms with Crippen molar-refractivity contribution in [2.24, 2.45) is 0 Å². The number of ketones is 1. The van der Waals surface area contributed by atoms with Crippen molar-refractivity contribution in [2.45, 2.75) is 31.7 Å². The van der Waals surface area contributed by atoms with Gasteiger partial charge < -0.3 is 4.90 Å². The first-order chi connectivity index (χ1) is 8.99. The molecule has 1 saturated carbocycles. The molecule has 1 fully saturated rings. The van der Waals surface area contributed by atoms with Crippen LogP contribution in [-0.2, 0) is 4.79 Å². The Kier molecular flexibility index (Phi) is 4.20. The van der Waals surface area contributed by atoms with Gasteiger partial charge in [0.2, 0.25) is 0 Å². The Morgan fingerprint density at radius 3 is 2.58 bits per heavy atom. The van der Waals surface area contributed by atoms with E-state index in [4.69, 9.17) is 11.6 Å². The molecule has 1 aromatic rings. The van der Waals surface area contributed by atoms with Crippen molar-refractivity contribution in [3.63, 3.8) is 0 Å². The van der Waals surface area contributed by atoms with Gasteiger partial charge >= 0.3 is 0 Å². The molecule has 1 amide bonds. The van der Waals surface area contributed by atoms with Crippen LogP contribution in [0.25, 0.3) is 0 Å². The number of nitrogens with zero attached hydrogens (tertiary/aromatic N) is 1. The van der Waals surface area contributed by atoms with Crippen molar-refractivity contribution in [1.82, 2.24) is 4.90 Å². The first-order valence-electron chi connectivity index (χ1n) is 6.23. The molecule has 0 bridgehead atoms. The summed E-state index contributed by atoms with van der Waals surface area (Å²) in [4.78, 5) is 24.9. The zero-order chi connectivity index (χ0) is 14.0. The maximum Gasteiger partial charge on any atom is 0.256 e. The highest BCUT2D eigenvalue weighted by atomic mass is 35.5. The highest BCUT2D eigenvalue weighted by molar-refractivity contribution is 6.30. The Hall–Kier alpha value is -1.42. The fourth-order valence-corrected chi connectivity index (χ4v) is 2.49. The summed E-state index contributed by atoms with van der Waals surface area (Å²) in [5.74, 6) is -0.750. The number of hydrogen-bond acceptors (Lipinski definition) is 2. The third-order valence-corrected chi connectivity index (χ3v) is 3.78. The molecule has 0 aliphatic heterocycles. The monoisotopic (exact) mass is 283 g/mol. The molecule has 0 aromatic heterocycles. The van der Waals surface area contributed by atoms with Crippen LogP contribution in [-0.4, -0.2) is 29.7 Å². The summed E-state index contributed by atoms with van der Waals surface area (Å²) < 4.78 is 13.7. The van der Waals surface area contributed by atoms with E-state index >= 15 is 0 Å². The lowest BCUT2D eigenvalue weighted by molar-refractivity contribution is -0.121. The maximum absolute atomic E-state index is 13.7. The third-order valence-electron chi connectivity index (χ3n) is 3.54. The van der Waals surface area contributed by atoms with Crippen LogP contribution in [0.4, 0.5) is 4.39 Å². The standard InChI is InChI=1S/C14H15ClFNO2/c1-17(10-3-5-11(18)6-4-10)14(19)12-7-2-9(15)8-13(12)16/h2,7-8,10H,3-6H2,1H3. The number of carbonyl (C=O) groups is 2. The second kappa shape index (κ2) is 5.70. The summed E-state index contributed by atoms with van der Waals surface area (Å²) in [7, 11) is 1.65. The number of rotatable bonds is 2. The van der Waals surface area contributed by atoms with Crippen LogP contribution in [0.3, 0.4) is 0 Å². The summed E-state index contributed by atoms with van der Waals surface area (Å²) in [6.45, 7) is 0. The molecular weight excluding hydrogens is 269 g/mol. The van der Waals surface area contributed by atoms with Crippen molar-refractivity contribution in [2.75, 3.05) is 7.05 Å². The van der Waals surface area contributed by atoms with E-state index in [-0.39, 0.29) is 28.3 Å². The van der Waals surface area contributed by atoms with E-state index in [2.05, 4.69) is 0 Å². The summed E-state index contributed by atoms with van der Waals surface area (Å²) in [6.07, 6.45) is 2.28. The fraction of sp³-hybridized carbons (Fsp3) is 0.429. The minimum absolute atomic E-state index is 0.000257. The maximum atomic E-state index is 13.7. The summed E-state index contributed by atoms with van der Waals surface area (Å²) in [5.41, 5.74) is 0.0174. The lowest BCUT2D eigenvalue weighted by Crippen LogP contribution is -2.39. The highest BCUT2D eigenvalue weighted by Gasteiger charge is 2.27. The molecule has 0 spiro atoms. The molecule has 0 atom stereocenters. The van der Waals surface area contributed by atoms with Crippen molar-refractivity contribution < 1.29 is 14.0 Å². The molecule has 19 heavy (non-hydrogen) atoms. The van der Waals surface area contributed by atoms with Gasteiger partial charge in [-0.3, -0.25) is 9.59 Å². The molecule has 1 aliphatic rings. The van der Waals surface area contributed by atoms with Crippen molar-refractivity contribution >= 4 is 23.3 Å². The van der Waals surface area contributed by atoms with Gasteiger partial charge in [0, 0.05) is 31.0 Å². The minimum atomic E-state index is -0.615. The topological polar surface area (TPSA) is 37.4 Å². The first kappa shape index (κ1) is 14.0. The molecule has 0 saturated heterocycles. The Balaban J connectivity index is 2.12. The van der Waals surface area contributed by atoms with Crippen LogP contribution in [0.2, 0.25) is 5.02 Å². The Morgan fingerprint density at radius 2 is 2.00 bits per heavy atom. The van der Waals surface area contributed by atoms with Crippen LogP contribution in [0.1, 0.15) is 36.0 Å². The average molecular weight is 284 g/mol. The zero-order valence-corrected chi connectivity index (χ0v) is 11.4. The number of Topliss-reactive ketones (excluding diaryl/α,β-unsaturated/α-hetero) is 1. The molecule has 5 heteroatoms. The van der Waals surface area contributed by atoms with Gasteiger partial charge in [-0.15, -0.1) is 0 Å². The summed E-state index contributed by atoms with van der Waals surface area (Å²) in [6, 6.07) is 4.02. The average Bonchev–Trinajstić information content (AvgIpc) is 2.38. The zero-order valence-electron chi connectivity index (χ0n) is 10.7. The van der Waals surface area contributed by atoms with Gasteiger partial charge in [0.15, 0.2) is 0 Å². The normalized spacial score (nSPS) is 16.5. The Labute approximate surface area is 116 Å². The molecule has 3 nitrogen and oxygen atoms in total. The molecule has 0 unspecified atom stereocenters. The molecule has 2 rings (SSSR count). The van der Waals surface area contributed by atoms with Crippen LogP contribution >= 0.6 is 11.6 Å². The molecular formula is C14H15ClFNO2. The van der Waals surface area contributed by atoms with E-state index in [1.165, 1.54) is 17.0 Å². The quantitative estimate of drug-likeness (QED) is 0.836. The van der Waals surface area contributed by atoms with Crippen molar-refractivity contribution in [3.8, 4) is 0 Å². The van der Waals surface area contributed by atoms with Gasteiger partial charge in [-0.25, -0.2) is 4.39 Å². The van der Waals surface area contributed by atoms with Gasteiger partial charge in [-0.05, 0) is 31.0 Å². The Bertz CT molecular complexity index is 508. The van der Waals surface area contributed by atoms with Gasteiger partial charge in [0.1, 0.15) is 11.6 Å². The van der Waals surface area contributed by atoms with Gasteiger partial charge in [-0.1, -0.05) is 11.6 Å².